The minimum absolute atomic E-state index is 0.168. The van der Waals surface area contributed by atoms with Crippen LogP contribution in [0.2, 0.25) is 5.02 Å². The summed E-state index contributed by atoms with van der Waals surface area (Å²) < 4.78 is 5.82. The molecule has 2 heterocycles. The van der Waals surface area contributed by atoms with Gasteiger partial charge in [0.05, 0.1) is 18.1 Å². The Bertz CT molecular complexity index is 1080. The fourth-order valence-corrected chi connectivity index (χ4v) is 5.67. The summed E-state index contributed by atoms with van der Waals surface area (Å²) in [6.45, 7) is 1.94. The Labute approximate surface area is 173 Å². The van der Waals surface area contributed by atoms with Crippen LogP contribution in [0.25, 0.3) is 11.3 Å². The molecule has 2 aromatic rings. The van der Waals surface area contributed by atoms with Gasteiger partial charge >= 0.3 is 0 Å². The number of imide groups is 1. The topological polar surface area (TPSA) is 62.9 Å². The van der Waals surface area contributed by atoms with Crippen LogP contribution < -0.4 is 0 Å². The van der Waals surface area contributed by atoms with Crippen molar-refractivity contribution >= 4 is 29.6 Å². The van der Waals surface area contributed by atoms with Crippen LogP contribution in [0.1, 0.15) is 17.7 Å². The monoisotopic (exact) mass is 406 g/mol. The molecule has 0 N–H and O–H groups in total. The molecule has 1 aromatic carbocycles. The van der Waals surface area contributed by atoms with Crippen LogP contribution in [0.3, 0.4) is 0 Å². The van der Waals surface area contributed by atoms with Gasteiger partial charge in [0.15, 0.2) is 0 Å². The number of furan rings is 1. The van der Waals surface area contributed by atoms with Gasteiger partial charge in [-0.05, 0) is 60.8 Å². The first-order valence-electron chi connectivity index (χ1n) is 9.99. The molecule has 146 valence electrons. The molecule has 29 heavy (non-hydrogen) atoms. The molecular weight excluding hydrogens is 388 g/mol. The summed E-state index contributed by atoms with van der Waals surface area (Å²) in [6.07, 6.45) is 6.91. The Hall–Kier alpha value is -2.66. The Balaban J connectivity index is 1.24. The molecule has 5 aliphatic rings. The lowest BCUT2D eigenvalue weighted by Gasteiger charge is -2.37. The number of rotatable bonds is 3. The maximum atomic E-state index is 12.9. The molecule has 5 nitrogen and oxygen atoms in total. The van der Waals surface area contributed by atoms with Crippen LogP contribution in [0.15, 0.2) is 52.0 Å². The number of hydrogen-bond acceptors (Lipinski definition) is 4. The van der Waals surface area contributed by atoms with Crippen molar-refractivity contribution in [2.45, 2.75) is 13.3 Å². The highest BCUT2D eigenvalue weighted by Crippen LogP contribution is 2.65. The summed E-state index contributed by atoms with van der Waals surface area (Å²) in [5, 5.41) is 5.96. The van der Waals surface area contributed by atoms with Crippen LogP contribution >= 0.6 is 11.6 Å². The Kier molecular flexibility index (Phi) is 3.52. The van der Waals surface area contributed by atoms with Crippen molar-refractivity contribution < 1.29 is 14.0 Å². The number of carbonyl (C=O) groups is 2. The number of hydrazone groups is 1. The maximum Gasteiger partial charge on any atom is 0.254 e. The van der Waals surface area contributed by atoms with Gasteiger partial charge in [-0.1, -0.05) is 35.9 Å². The van der Waals surface area contributed by atoms with E-state index in [4.69, 9.17) is 16.0 Å². The first-order chi connectivity index (χ1) is 14.0. The van der Waals surface area contributed by atoms with Gasteiger partial charge in [0, 0.05) is 10.6 Å². The third kappa shape index (κ3) is 2.43. The van der Waals surface area contributed by atoms with E-state index in [1.807, 2.05) is 31.2 Å². The average molecular weight is 407 g/mol. The lowest BCUT2D eigenvalue weighted by molar-refractivity contribution is -0.140. The minimum atomic E-state index is -0.236. The van der Waals surface area contributed by atoms with E-state index in [9.17, 15) is 9.59 Å². The predicted molar refractivity (Wildman–Crippen MR) is 108 cm³/mol. The van der Waals surface area contributed by atoms with Gasteiger partial charge in [-0.2, -0.15) is 10.1 Å². The molecule has 0 spiro atoms. The summed E-state index contributed by atoms with van der Waals surface area (Å²) in [5.41, 5.74) is 1.86. The molecule has 2 bridgehead atoms. The van der Waals surface area contributed by atoms with Gasteiger partial charge in [-0.15, -0.1) is 0 Å². The molecule has 1 saturated heterocycles. The molecular formula is C23H19ClN2O3. The van der Waals surface area contributed by atoms with E-state index >= 15 is 0 Å². The molecule has 7 rings (SSSR count). The molecule has 1 aliphatic heterocycles. The summed E-state index contributed by atoms with van der Waals surface area (Å²) in [7, 11) is 0. The Morgan fingerprint density at radius 1 is 1.07 bits per heavy atom. The lowest BCUT2D eigenvalue weighted by atomic mass is 9.63. The van der Waals surface area contributed by atoms with Crippen molar-refractivity contribution in [1.82, 2.24) is 5.01 Å². The van der Waals surface area contributed by atoms with E-state index in [1.54, 1.807) is 6.07 Å². The highest BCUT2D eigenvalue weighted by atomic mass is 35.5. The number of aryl methyl sites for hydroxylation is 1. The lowest BCUT2D eigenvalue weighted by Crippen LogP contribution is -2.40. The molecule has 0 unspecified atom stereocenters. The SMILES string of the molecule is Cc1ccc(-c2ccc(/C=N\N3C(=O)[C@@H]4[C@H]5C=C[C@@H]([C@@H]6C[C@@H]56)[C@H]4C3=O)o2)cc1Cl. The fraction of sp³-hybridized carbons (Fsp3) is 0.348. The zero-order chi connectivity index (χ0) is 19.9. The van der Waals surface area contributed by atoms with Crippen molar-refractivity contribution in [2.24, 2.45) is 40.6 Å². The Morgan fingerprint density at radius 3 is 2.41 bits per heavy atom. The molecule has 6 atom stereocenters. The van der Waals surface area contributed by atoms with E-state index in [1.165, 1.54) is 6.21 Å². The summed E-state index contributed by atoms with van der Waals surface area (Å²) in [5.74, 6) is 1.90. The van der Waals surface area contributed by atoms with E-state index < -0.39 is 0 Å². The largest absolute Gasteiger partial charge is 0.455 e. The zero-order valence-electron chi connectivity index (χ0n) is 15.8. The molecule has 0 radical (unpaired) electrons. The third-order valence-corrected chi connectivity index (χ3v) is 7.43. The minimum Gasteiger partial charge on any atom is -0.455 e. The summed E-state index contributed by atoms with van der Waals surface area (Å²) in [4.78, 5) is 25.9. The van der Waals surface area contributed by atoms with Gasteiger partial charge in [0.2, 0.25) is 0 Å². The second-order valence-corrected chi connectivity index (χ2v) is 8.96. The number of benzene rings is 1. The standard InChI is InChI=1S/C23H19ClN2O3/c1-11-2-3-12(8-18(11)24)19-7-4-13(29-19)10-25-26-22(27)20-14-5-6-15(17-9-16(14)17)21(20)23(26)28/h2-8,10,14-17,20-21H,9H2,1H3/b25-10-/t14-,15-,16-,17-,20+,21+/m0/s1. The van der Waals surface area contributed by atoms with Gasteiger partial charge in [0.1, 0.15) is 11.5 Å². The molecule has 2 amide bonds. The van der Waals surface area contributed by atoms with Crippen LogP contribution in [-0.4, -0.2) is 23.0 Å². The number of allylic oxidation sites excluding steroid dienone is 2. The second-order valence-electron chi connectivity index (χ2n) is 8.55. The molecule has 4 aliphatic carbocycles. The first-order valence-corrected chi connectivity index (χ1v) is 10.4. The molecule has 2 saturated carbocycles. The Morgan fingerprint density at radius 2 is 1.76 bits per heavy atom. The van der Waals surface area contributed by atoms with Crippen LogP contribution in [0, 0.1) is 42.4 Å². The van der Waals surface area contributed by atoms with Crippen molar-refractivity contribution in [3.8, 4) is 11.3 Å². The predicted octanol–water partition coefficient (Wildman–Crippen LogP) is 4.30. The maximum absolute atomic E-state index is 12.9. The summed E-state index contributed by atoms with van der Waals surface area (Å²) >= 11 is 6.20. The quantitative estimate of drug-likeness (QED) is 0.434. The van der Waals surface area contributed by atoms with Gasteiger partial charge in [-0.3, -0.25) is 9.59 Å². The number of carbonyl (C=O) groups excluding carboxylic acids is 2. The number of nitrogens with zero attached hydrogens (tertiary/aromatic N) is 2. The number of amides is 2. The second kappa shape index (κ2) is 5.92. The highest BCUT2D eigenvalue weighted by Gasteiger charge is 2.67. The smallest absolute Gasteiger partial charge is 0.254 e. The van der Waals surface area contributed by atoms with E-state index in [-0.39, 0.29) is 35.5 Å². The number of halogens is 1. The van der Waals surface area contributed by atoms with E-state index in [2.05, 4.69) is 17.3 Å². The van der Waals surface area contributed by atoms with Crippen LogP contribution in [0.5, 0.6) is 0 Å². The van der Waals surface area contributed by atoms with E-state index in [0.717, 1.165) is 22.6 Å². The van der Waals surface area contributed by atoms with Crippen molar-refractivity contribution in [3.63, 3.8) is 0 Å². The third-order valence-electron chi connectivity index (χ3n) is 7.02. The molecule has 3 fully saturated rings. The average Bonchev–Trinajstić information content (AvgIpc) is 3.36. The molecule has 6 heteroatoms. The van der Waals surface area contributed by atoms with Crippen molar-refractivity contribution in [1.29, 1.82) is 0 Å². The van der Waals surface area contributed by atoms with Gasteiger partial charge in [0.25, 0.3) is 11.8 Å². The zero-order valence-corrected chi connectivity index (χ0v) is 16.5. The first kappa shape index (κ1) is 17.2. The normalized spacial score (nSPS) is 34.2. The van der Waals surface area contributed by atoms with Gasteiger partial charge < -0.3 is 4.42 Å². The fourth-order valence-electron chi connectivity index (χ4n) is 5.49. The summed E-state index contributed by atoms with van der Waals surface area (Å²) in [6, 6.07) is 9.32. The highest BCUT2D eigenvalue weighted by molar-refractivity contribution is 6.31. The molecule has 1 aromatic heterocycles. The van der Waals surface area contributed by atoms with Crippen LogP contribution in [-0.2, 0) is 9.59 Å². The van der Waals surface area contributed by atoms with Crippen LogP contribution in [0.4, 0.5) is 0 Å². The van der Waals surface area contributed by atoms with Crippen molar-refractivity contribution in [3.05, 3.63) is 58.8 Å². The number of hydrogen-bond donors (Lipinski definition) is 0. The van der Waals surface area contributed by atoms with Gasteiger partial charge in [-0.25, -0.2) is 0 Å². The van der Waals surface area contributed by atoms with Crippen molar-refractivity contribution in [2.75, 3.05) is 0 Å². The van der Waals surface area contributed by atoms with E-state index in [0.29, 0.717) is 28.4 Å².